The van der Waals surface area contributed by atoms with E-state index in [0.29, 0.717) is 6.54 Å². The molecule has 0 aromatic carbocycles. The molecule has 0 spiro atoms. The first-order valence-electron chi connectivity index (χ1n) is 11.8. The Bertz CT molecular complexity index is 241. The molecule has 0 aromatic rings. The summed E-state index contributed by atoms with van der Waals surface area (Å²) in [5.74, 6) is 0. The largest absolute Gasteiger partial charge is 0.394 e. The van der Waals surface area contributed by atoms with Crippen LogP contribution in [0.2, 0.25) is 0 Å². The maximum Gasteiger partial charge on any atom is 0.0897 e. The van der Waals surface area contributed by atoms with Crippen molar-refractivity contribution in [3.63, 3.8) is 0 Å². The van der Waals surface area contributed by atoms with Crippen molar-refractivity contribution in [3.05, 3.63) is 0 Å². The second-order valence-electron chi connectivity index (χ2n) is 8.09. The highest BCUT2D eigenvalue weighted by atomic mass is 16.3. The maximum absolute atomic E-state index is 9.78. The molecule has 0 aliphatic heterocycles. The first kappa shape index (κ1) is 25.9. The molecular formula is C23H49NO2. The molecule has 0 heterocycles. The average molecular weight is 372 g/mol. The number of rotatable bonds is 21. The van der Waals surface area contributed by atoms with Gasteiger partial charge in [0, 0.05) is 6.54 Å². The molecule has 0 saturated heterocycles. The monoisotopic (exact) mass is 371 g/mol. The van der Waals surface area contributed by atoms with E-state index in [9.17, 15) is 5.11 Å². The Morgan fingerprint density at radius 3 is 1.27 bits per heavy atom. The molecule has 0 rings (SSSR count). The Kier molecular flexibility index (Phi) is 21.1. The summed E-state index contributed by atoms with van der Waals surface area (Å²) in [5, 5.41) is 18.9. The summed E-state index contributed by atoms with van der Waals surface area (Å²) in [7, 11) is 0. The molecule has 2 N–H and O–H groups in total. The van der Waals surface area contributed by atoms with E-state index < -0.39 is 6.10 Å². The zero-order valence-electron chi connectivity index (χ0n) is 18.1. The summed E-state index contributed by atoms with van der Waals surface area (Å²) in [6.45, 7) is 7.18. The highest BCUT2D eigenvalue weighted by molar-refractivity contribution is 4.65. The summed E-state index contributed by atoms with van der Waals surface area (Å²) < 4.78 is 0. The standard InChI is InChI=1S/C23H49NO2/c1-3-5-7-9-11-13-15-17-19-24(21-23(26)22-25)20-18-16-14-12-10-8-6-4-2/h23,25-26H,3-22H2,1-2H3. The third kappa shape index (κ3) is 18.7. The third-order valence-electron chi connectivity index (χ3n) is 5.34. The van der Waals surface area contributed by atoms with Crippen LogP contribution in [0.5, 0.6) is 0 Å². The summed E-state index contributed by atoms with van der Waals surface area (Å²) in [4.78, 5) is 2.37. The van der Waals surface area contributed by atoms with E-state index in [1.54, 1.807) is 0 Å². The van der Waals surface area contributed by atoms with Gasteiger partial charge in [-0.15, -0.1) is 0 Å². The van der Waals surface area contributed by atoms with Gasteiger partial charge in [0.1, 0.15) is 0 Å². The van der Waals surface area contributed by atoms with Crippen molar-refractivity contribution < 1.29 is 10.2 Å². The van der Waals surface area contributed by atoms with E-state index in [0.717, 1.165) is 13.1 Å². The van der Waals surface area contributed by atoms with Crippen LogP contribution in [0.15, 0.2) is 0 Å². The molecule has 26 heavy (non-hydrogen) atoms. The van der Waals surface area contributed by atoms with E-state index in [4.69, 9.17) is 5.11 Å². The van der Waals surface area contributed by atoms with Gasteiger partial charge in [-0.1, -0.05) is 104 Å². The molecule has 158 valence electrons. The van der Waals surface area contributed by atoms with Crippen LogP contribution in [0.25, 0.3) is 0 Å². The minimum atomic E-state index is -0.585. The van der Waals surface area contributed by atoms with Gasteiger partial charge in [-0.2, -0.15) is 0 Å². The number of nitrogens with zero attached hydrogens (tertiary/aromatic N) is 1. The first-order valence-corrected chi connectivity index (χ1v) is 11.8. The molecule has 0 radical (unpaired) electrons. The van der Waals surface area contributed by atoms with Crippen LogP contribution in [0, 0.1) is 0 Å². The quantitative estimate of drug-likeness (QED) is 0.246. The second-order valence-corrected chi connectivity index (χ2v) is 8.09. The van der Waals surface area contributed by atoms with E-state index in [1.165, 1.54) is 103 Å². The van der Waals surface area contributed by atoms with Gasteiger partial charge >= 0.3 is 0 Å². The van der Waals surface area contributed by atoms with E-state index in [1.807, 2.05) is 0 Å². The van der Waals surface area contributed by atoms with E-state index in [2.05, 4.69) is 18.7 Å². The van der Waals surface area contributed by atoms with Crippen molar-refractivity contribution in [2.45, 2.75) is 123 Å². The predicted molar refractivity (Wildman–Crippen MR) is 115 cm³/mol. The summed E-state index contributed by atoms with van der Waals surface area (Å²) in [6, 6.07) is 0. The normalized spacial score (nSPS) is 12.8. The zero-order valence-corrected chi connectivity index (χ0v) is 18.1. The van der Waals surface area contributed by atoms with Crippen LogP contribution < -0.4 is 0 Å². The van der Waals surface area contributed by atoms with Crippen molar-refractivity contribution in [1.82, 2.24) is 4.90 Å². The second kappa shape index (κ2) is 21.2. The molecule has 3 heteroatoms. The Hall–Kier alpha value is -0.120. The van der Waals surface area contributed by atoms with Crippen molar-refractivity contribution in [1.29, 1.82) is 0 Å². The molecule has 0 aliphatic rings. The van der Waals surface area contributed by atoms with Gasteiger partial charge < -0.3 is 15.1 Å². The van der Waals surface area contributed by atoms with Crippen LogP contribution in [0.3, 0.4) is 0 Å². The fourth-order valence-electron chi connectivity index (χ4n) is 3.59. The van der Waals surface area contributed by atoms with Gasteiger partial charge in [-0.3, -0.25) is 0 Å². The van der Waals surface area contributed by atoms with E-state index in [-0.39, 0.29) is 6.61 Å². The number of unbranched alkanes of at least 4 members (excludes halogenated alkanes) is 14. The van der Waals surface area contributed by atoms with E-state index >= 15 is 0 Å². The van der Waals surface area contributed by atoms with Gasteiger partial charge in [0.15, 0.2) is 0 Å². The Labute approximate surface area is 164 Å². The van der Waals surface area contributed by atoms with Crippen LogP contribution in [-0.2, 0) is 0 Å². The molecule has 1 atom stereocenters. The van der Waals surface area contributed by atoms with Gasteiger partial charge in [-0.25, -0.2) is 0 Å². The Morgan fingerprint density at radius 2 is 0.923 bits per heavy atom. The molecule has 0 aliphatic carbocycles. The lowest BCUT2D eigenvalue weighted by molar-refractivity contribution is 0.0579. The fraction of sp³-hybridized carbons (Fsp3) is 1.00. The maximum atomic E-state index is 9.78. The van der Waals surface area contributed by atoms with Crippen molar-refractivity contribution in [3.8, 4) is 0 Å². The minimum Gasteiger partial charge on any atom is -0.394 e. The minimum absolute atomic E-state index is 0.120. The lowest BCUT2D eigenvalue weighted by atomic mass is 10.1. The fourth-order valence-corrected chi connectivity index (χ4v) is 3.59. The first-order chi connectivity index (χ1) is 12.7. The number of aliphatic hydroxyl groups excluding tert-OH is 2. The Balaban J connectivity index is 3.70. The van der Waals surface area contributed by atoms with Crippen LogP contribution in [0.4, 0.5) is 0 Å². The molecule has 0 amide bonds. The molecule has 0 fully saturated rings. The van der Waals surface area contributed by atoms with Gasteiger partial charge in [-0.05, 0) is 25.9 Å². The smallest absolute Gasteiger partial charge is 0.0897 e. The van der Waals surface area contributed by atoms with Crippen LogP contribution in [0.1, 0.15) is 117 Å². The van der Waals surface area contributed by atoms with Gasteiger partial charge in [0.2, 0.25) is 0 Å². The molecule has 1 unspecified atom stereocenters. The number of aliphatic hydroxyl groups is 2. The lowest BCUT2D eigenvalue weighted by Gasteiger charge is -2.24. The lowest BCUT2D eigenvalue weighted by Crippen LogP contribution is -2.35. The summed E-state index contributed by atoms with van der Waals surface area (Å²) in [5.41, 5.74) is 0. The van der Waals surface area contributed by atoms with Crippen LogP contribution in [-0.4, -0.2) is 47.5 Å². The van der Waals surface area contributed by atoms with Crippen molar-refractivity contribution in [2.75, 3.05) is 26.2 Å². The molecule has 0 bridgehead atoms. The average Bonchev–Trinajstić information content (AvgIpc) is 2.65. The molecule has 0 aromatic heterocycles. The molecule has 3 nitrogen and oxygen atoms in total. The predicted octanol–water partition coefficient (Wildman–Crippen LogP) is 5.92. The van der Waals surface area contributed by atoms with Gasteiger partial charge in [0.25, 0.3) is 0 Å². The SMILES string of the molecule is CCCCCCCCCCN(CCCCCCCCCC)CC(O)CO. The van der Waals surface area contributed by atoms with Crippen molar-refractivity contribution in [2.24, 2.45) is 0 Å². The number of hydrogen-bond donors (Lipinski definition) is 2. The molecular weight excluding hydrogens is 322 g/mol. The Morgan fingerprint density at radius 1 is 0.577 bits per heavy atom. The highest BCUT2D eigenvalue weighted by Gasteiger charge is 2.10. The van der Waals surface area contributed by atoms with Crippen LogP contribution >= 0.6 is 0 Å². The third-order valence-corrected chi connectivity index (χ3v) is 5.34. The van der Waals surface area contributed by atoms with Crippen molar-refractivity contribution >= 4 is 0 Å². The highest BCUT2D eigenvalue weighted by Crippen LogP contribution is 2.11. The zero-order chi connectivity index (χ0) is 19.3. The summed E-state index contributed by atoms with van der Waals surface area (Å²) in [6.07, 6.45) is 20.9. The molecule has 0 saturated carbocycles. The summed E-state index contributed by atoms with van der Waals surface area (Å²) >= 11 is 0. The van der Waals surface area contributed by atoms with Gasteiger partial charge in [0.05, 0.1) is 12.7 Å². The number of hydrogen-bond acceptors (Lipinski definition) is 3. The topological polar surface area (TPSA) is 43.7 Å².